The van der Waals surface area contributed by atoms with Crippen molar-refractivity contribution in [3.63, 3.8) is 0 Å². The predicted octanol–water partition coefficient (Wildman–Crippen LogP) is 2.78. The molecule has 2 aromatic heterocycles. The molecule has 2 aromatic rings. The van der Waals surface area contributed by atoms with Crippen LogP contribution in [0.2, 0.25) is 0 Å². The summed E-state index contributed by atoms with van der Waals surface area (Å²) in [5.41, 5.74) is 3.15. The Bertz CT molecular complexity index is 602. The molecule has 0 fully saturated rings. The molecule has 2 heterocycles. The van der Waals surface area contributed by atoms with Crippen molar-refractivity contribution in [3.8, 4) is 6.07 Å². The third kappa shape index (κ3) is 3.11. The number of nitrogens with zero attached hydrogens (tertiary/aromatic N) is 2. The third-order valence-corrected chi connectivity index (χ3v) is 3.55. The Morgan fingerprint density at radius 2 is 2.32 bits per heavy atom. The minimum Gasteiger partial charge on any atom is -0.387 e. The molecule has 0 aliphatic heterocycles. The smallest absolute Gasteiger partial charge is 0.144 e. The summed E-state index contributed by atoms with van der Waals surface area (Å²) in [4.78, 5) is 4.32. The van der Waals surface area contributed by atoms with Crippen LogP contribution in [0.1, 0.15) is 28.5 Å². The maximum absolute atomic E-state index is 10.0. The molecule has 5 heteroatoms. The SMILES string of the molecule is Cc1cc(C)c(C#N)c(NC[C@@H](O)c2ccsc2)n1. The van der Waals surface area contributed by atoms with Crippen LogP contribution >= 0.6 is 11.3 Å². The molecule has 0 aliphatic rings. The Balaban J connectivity index is 2.14. The van der Waals surface area contributed by atoms with Crippen molar-refractivity contribution in [1.82, 2.24) is 4.98 Å². The fourth-order valence-corrected chi connectivity index (χ4v) is 2.59. The monoisotopic (exact) mass is 273 g/mol. The van der Waals surface area contributed by atoms with Gasteiger partial charge in [0.05, 0.1) is 11.7 Å². The van der Waals surface area contributed by atoms with E-state index in [1.165, 1.54) is 0 Å². The molecule has 0 saturated carbocycles. The van der Waals surface area contributed by atoms with Crippen LogP contribution < -0.4 is 5.32 Å². The second-order valence-electron chi connectivity index (χ2n) is 4.37. The van der Waals surface area contributed by atoms with E-state index >= 15 is 0 Å². The molecular formula is C14H15N3OS. The normalized spacial score (nSPS) is 11.9. The van der Waals surface area contributed by atoms with Crippen molar-refractivity contribution in [2.45, 2.75) is 20.0 Å². The van der Waals surface area contributed by atoms with E-state index in [1.54, 1.807) is 11.3 Å². The summed E-state index contributed by atoms with van der Waals surface area (Å²) in [6.07, 6.45) is -0.597. The molecule has 0 saturated heterocycles. The minimum absolute atomic E-state index is 0.335. The Hall–Kier alpha value is -1.90. The summed E-state index contributed by atoms with van der Waals surface area (Å²) >= 11 is 1.55. The van der Waals surface area contributed by atoms with Crippen LogP contribution in [-0.4, -0.2) is 16.6 Å². The summed E-state index contributed by atoms with van der Waals surface area (Å²) in [5, 5.41) is 26.0. The van der Waals surface area contributed by atoms with E-state index in [4.69, 9.17) is 5.26 Å². The number of thiophene rings is 1. The number of nitrogens with one attached hydrogen (secondary N) is 1. The lowest BCUT2D eigenvalue weighted by molar-refractivity contribution is 0.192. The molecule has 0 aromatic carbocycles. The summed E-state index contributed by atoms with van der Waals surface area (Å²) < 4.78 is 0. The fourth-order valence-electron chi connectivity index (χ4n) is 1.88. The first-order chi connectivity index (χ1) is 9.11. The highest BCUT2D eigenvalue weighted by Gasteiger charge is 2.12. The van der Waals surface area contributed by atoms with E-state index in [2.05, 4.69) is 16.4 Å². The zero-order valence-corrected chi connectivity index (χ0v) is 11.7. The molecule has 98 valence electrons. The topological polar surface area (TPSA) is 68.9 Å². The summed E-state index contributed by atoms with van der Waals surface area (Å²) in [7, 11) is 0. The Kier molecular flexibility index (Phi) is 4.15. The van der Waals surface area contributed by atoms with Gasteiger partial charge in [-0.15, -0.1) is 0 Å². The maximum Gasteiger partial charge on any atom is 0.144 e. The highest BCUT2D eigenvalue weighted by molar-refractivity contribution is 7.07. The molecule has 1 atom stereocenters. The van der Waals surface area contributed by atoms with Crippen LogP contribution in [0.4, 0.5) is 5.82 Å². The molecule has 0 bridgehead atoms. The fraction of sp³-hybridized carbons (Fsp3) is 0.286. The average Bonchev–Trinajstić information content (AvgIpc) is 2.89. The number of anilines is 1. The number of aliphatic hydroxyl groups is 1. The number of aliphatic hydroxyl groups excluding tert-OH is 1. The number of nitriles is 1. The van der Waals surface area contributed by atoms with Gasteiger partial charge >= 0.3 is 0 Å². The van der Waals surface area contributed by atoms with Gasteiger partial charge in [-0.1, -0.05) is 0 Å². The number of pyridine rings is 1. The van der Waals surface area contributed by atoms with Gasteiger partial charge in [-0.25, -0.2) is 4.98 Å². The molecule has 0 spiro atoms. The van der Waals surface area contributed by atoms with Gasteiger partial charge < -0.3 is 10.4 Å². The van der Waals surface area contributed by atoms with E-state index < -0.39 is 6.10 Å². The second kappa shape index (κ2) is 5.83. The van der Waals surface area contributed by atoms with E-state index in [-0.39, 0.29) is 0 Å². The van der Waals surface area contributed by atoms with E-state index in [9.17, 15) is 5.11 Å². The molecule has 4 nitrogen and oxygen atoms in total. The Labute approximate surface area is 116 Å². The number of hydrogen-bond donors (Lipinski definition) is 2. The largest absolute Gasteiger partial charge is 0.387 e. The molecule has 2 rings (SSSR count). The first kappa shape index (κ1) is 13.5. The van der Waals surface area contributed by atoms with Crippen molar-refractivity contribution in [1.29, 1.82) is 5.26 Å². The lowest BCUT2D eigenvalue weighted by Gasteiger charge is -2.13. The molecule has 19 heavy (non-hydrogen) atoms. The number of aromatic nitrogens is 1. The Morgan fingerprint density at radius 1 is 1.53 bits per heavy atom. The molecule has 0 unspecified atom stereocenters. The van der Waals surface area contributed by atoms with Gasteiger partial charge in [-0.05, 0) is 47.9 Å². The summed E-state index contributed by atoms with van der Waals surface area (Å²) in [6.45, 7) is 4.10. The highest BCUT2D eigenvalue weighted by atomic mass is 32.1. The lowest BCUT2D eigenvalue weighted by atomic mass is 10.1. The van der Waals surface area contributed by atoms with Crippen molar-refractivity contribution < 1.29 is 5.11 Å². The lowest BCUT2D eigenvalue weighted by Crippen LogP contribution is -2.14. The molecule has 2 N–H and O–H groups in total. The quantitative estimate of drug-likeness (QED) is 0.898. The number of hydrogen-bond acceptors (Lipinski definition) is 5. The second-order valence-corrected chi connectivity index (χ2v) is 5.15. The van der Waals surface area contributed by atoms with Gasteiger partial charge in [0.25, 0.3) is 0 Å². The van der Waals surface area contributed by atoms with Gasteiger partial charge in [0.2, 0.25) is 0 Å². The first-order valence-corrected chi connectivity index (χ1v) is 6.88. The zero-order chi connectivity index (χ0) is 13.8. The predicted molar refractivity (Wildman–Crippen MR) is 76.2 cm³/mol. The van der Waals surface area contributed by atoms with Crippen molar-refractivity contribution in [2.24, 2.45) is 0 Å². The number of aryl methyl sites for hydroxylation is 2. The summed E-state index contributed by atoms with van der Waals surface area (Å²) in [6, 6.07) is 5.91. The van der Waals surface area contributed by atoms with Crippen LogP contribution in [0.3, 0.4) is 0 Å². The van der Waals surface area contributed by atoms with Crippen molar-refractivity contribution >= 4 is 17.2 Å². The molecule has 0 amide bonds. The van der Waals surface area contributed by atoms with E-state index in [0.29, 0.717) is 17.9 Å². The van der Waals surface area contributed by atoms with Gasteiger partial charge in [0, 0.05) is 12.2 Å². The zero-order valence-electron chi connectivity index (χ0n) is 10.8. The van der Waals surface area contributed by atoms with Gasteiger partial charge in [0.1, 0.15) is 11.9 Å². The maximum atomic E-state index is 10.0. The number of rotatable bonds is 4. The molecular weight excluding hydrogens is 258 g/mol. The van der Waals surface area contributed by atoms with Gasteiger partial charge in [0.15, 0.2) is 0 Å². The van der Waals surface area contributed by atoms with Gasteiger partial charge in [-0.2, -0.15) is 16.6 Å². The van der Waals surface area contributed by atoms with Crippen molar-refractivity contribution in [2.75, 3.05) is 11.9 Å². The van der Waals surface area contributed by atoms with Crippen molar-refractivity contribution in [3.05, 3.63) is 45.3 Å². The van der Waals surface area contributed by atoms with Crippen LogP contribution in [0.5, 0.6) is 0 Å². The van der Waals surface area contributed by atoms with Crippen LogP contribution in [0.15, 0.2) is 22.9 Å². The van der Waals surface area contributed by atoms with E-state index in [1.807, 2.05) is 36.7 Å². The first-order valence-electron chi connectivity index (χ1n) is 5.94. The third-order valence-electron chi connectivity index (χ3n) is 2.85. The molecule has 0 radical (unpaired) electrons. The standard InChI is InChI=1S/C14H15N3OS/c1-9-5-10(2)17-14(12(9)6-15)16-7-13(18)11-3-4-19-8-11/h3-5,8,13,18H,7H2,1-2H3,(H,16,17)/t13-/m1/s1. The van der Waals surface area contributed by atoms with Crippen LogP contribution in [0.25, 0.3) is 0 Å². The minimum atomic E-state index is -0.597. The Morgan fingerprint density at radius 3 is 2.95 bits per heavy atom. The average molecular weight is 273 g/mol. The molecule has 0 aliphatic carbocycles. The van der Waals surface area contributed by atoms with Crippen LogP contribution in [-0.2, 0) is 0 Å². The van der Waals surface area contributed by atoms with E-state index in [0.717, 1.165) is 16.8 Å². The summed E-state index contributed by atoms with van der Waals surface area (Å²) in [5.74, 6) is 0.536. The van der Waals surface area contributed by atoms with Gasteiger partial charge in [-0.3, -0.25) is 0 Å². The van der Waals surface area contributed by atoms with Crippen LogP contribution in [0, 0.1) is 25.2 Å². The highest BCUT2D eigenvalue weighted by Crippen LogP contribution is 2.20.